The van der Waals surface area contributed by atoms with E-state index in [0.29, 0.717) is 29.4 Å². The van der Waals surface area contributed by atoms with Crippen molar-refractivity contribution in [1.82, 2.24) is 0 Å². The number of ether oxygens (including phenoxy) is 2. The van der Waals surface area contributed by atoms with Crippen molar-refractivity contribution in [3.63, 3.8) is 0 Å². The van der Waals surface area contributed by atoms with Crippen molar-refractivity contribution in [2.45, 2.75) is 20.5 Å². The van der Waals surface area contributed by atoms with Crippen LogP contribution in [0.5, 0.6) is 11.5 Å². The van der Waals surface area contributed by atoms with E-state index in [1.807, 2.05) is 13.0 Å². The number of hydrogen-bond acceptors (Lipinski definition) is 5. The normalized spacial score (nSPS) is 14.9. The number of carbonyl (C=O) groups excluding carboxylic acids is 1. The van der Waals surface area contributed by atoms with E-state index in [4.69, 9.17) is 9.47 Å². The number of hydrogen-bond donors (Lipinski definition) is 0. The second kappa shape index (κ2) is 8.51. The molecule has 3 rings (SSSR count). The Labute approximate surface area is 169 Å². The van der Waals surface area contributed by atoms with Crippen LogP contribution >= 0.6 is 22.6 Å². The van der Waals surface area contributed by atoms with E-state index in [0.717, 1.165) is 14.7 Å². The molecule has 0 saturated carbocycles. The fourth-order valence-corrected chi connectivity index (χ4v) is 3.32. The molecule has 1 aliphatic rings. The summed E-state index contributed by atoms with van der Waals surface area (Å²) in [6.07, 6.45) is 1.70. The molecule has 7 heteroatoms. The van der Waals surface area contributed by atoms with Crippen molar-refractivity contribution >= 4 is 40.3 Å². The zero-order valence-corrected chi connectivity index (χ0v) is 16.9. The van der Waals surface area contributed by atoms with Crippen LogP contribution in [0.3, 0.4) is 0 Å². The van der Waals surface area contributed by atoms with Gasteiger partial charge in [0.2, 0.25) is 0 Å². The van der Waals surface area contributed by atoms with Crippen LogP contribution in [0.1, 0.15) is 25.0 Å². The molecule has 1 heterocycles. The van der Waals surface area contributed by atoms with Crippen LogP contribution in [-0.4, -0.2) is 18.3 Å². The van der Waals surface area contributed by atoms with Gasteiger partial charge in [0.15, 0.2) is 11.5 Å². The average Bonchev–Trinajstić information content (AvgIpc) is 2.93. The molecule has 0 atom stereocenters. The fraction of sp³-hybridized carbons (Fsp3) is 0.200. The lowest BCUT2D eigenvalue weighted by Crippen LogP contribution is -2.04. The Hall–Kier alpha value is -2.42. The summed E-state index contributed by atoms with van der Waals surface area (Å²) in [6.45, 7) is 4.25. The summed E-state index contributed by atoms with van der Waals surface area (Å²) < 4.78 is 25.8. The Morgan fingerprint density at radius 1 is 1.26 bits per heavy atom. The minimum Gasteiger partial charge on any atom is -0.490 e. The second-order valence-corrected chi connectivity index (χ2v) is 6.96. The Morgan fingerprint density at radius 3 is 2.74 bits per heavy atom. The Morgan fingerprint density at radius 2 is 2.07 bits per heavy atom. The van der Waals surface area contributed by atoms with E-state index in [1.54, 1.807) is 31.2 Å². The molecular weight excluding hydrogens is 464 g/mol. The van der Waals surface area contributed by atoms with Crippen molar-refractivity contribution < 1.29 is 23.5 Å². The number of carbonyl (C=O) groups is 1. The van der Waals surface area contributed by atoms with Crippen molar-refractivity contribution in [2.24, 2.45) is 5.16 Å². The summed E-state index contributed by atoms with van der Waals surface area (Å²) in [5.41, 5.74) is 2.42. The topological polar surface area (TPSA) is 57.1 Å². The van der Waals surface area contributed by atoms with Crippen LogP contribution < -0.4 is 9.47 Å². The molecule has 0 bridgehead atoms. The van der Waals surface area contributed by atoms with E-state index in [9.17, 15) is 9.18 Å². The first-order valence-electron chi connectivity index (χ1n) is 8.29. The van der Waals surface area contributed by atoms with Crippen LogP contribution in [0.2, 0.25) is 0 Å². The van der Waals surface area contributed by atoms with Gasteiger partial charge in [-0.3, -0.25) is 0 Å². The molecular formula is C20H17FINO4. The van der Waals surface area contributed by atoms with Gasteiger partial charge in [0.05, 0.1) is 21.5 Å². The van der Waals surface area contributed by atoms with E-state index in [1.165, 1.54) is 12.1 Å². The summed E-state index contributed by atoms with van der Waals surface area (Å²) in [7, 11) is 0. The van der Waals surface area contributed by atoms with Gasteiger partial charge in [-0.2, -0.15) is 0 Å². The second-order valence-electron chi connectivity index (χ2n) is 5.80. The molecule has 0 saturated heterocycles. The highest BCUT2D eigenvalue weighted by molar-refractivity contribution is 14.1. The number of nitrogens with zero attached hydrogens (tertiary/aromatic N) is 1. The van der Waals surface area contributed by atoms with Crippen LogP contribution in [-0.2, 0) is 16.2 Å². The van der Waals surface area contributed by atoms with Crippen LogP contribution in [0, 0.1) is 9.39 Å². The number of rotatable bonds is 6. The lowest BCUT2D eigenvalue weighted by molar-refractivity contribution is -0.136. The summed E-state index contributed by atoms with van der Waals surface area (Å²) >= 11 is 2.14. The fourth-order valence-electron chi connectivity index (χ4n) is 2.54. The quantitative estimate of drug-likeness (QED) is 0.341. The predicted molar refractivity (Wildman–Crippen MR) is 108 cm³/mol. The van der Waals surface area contributed by atoms with Gasteiger partial charge in [-0.15, -0.1) is 0 Å². The molecule has 2 aromatic rings. The average molecular weight is 481 g/mol. The predicted octanol–water partition coefficient (Wildman–Crippen LogP) is 4.72. The number of oxime groups is 1. The summed E-state index contributed by atoms with van der Waals surface area (Å²) in [4.78, 5) is 16.4. The van der Waals surface area contributed by atoms with E-state index < -0.39 is 5.97 Å². The third-order valence-electron chi connectivity index (χ3n) is 3.79. The van der Waals surface area contributed by atoms with E-state index >= 15 is 0 Å². The standard InChI is InChI=1S/C20H17FINO4/c1-3-25-18-10-14(8-16-12(2)23-27-20(16)24)9-17(22)19(18)26-11-13-5-4-6-15(21)7-13/h4-10H,3,11H2,1-2H3/b16-8+. The Bertz CT molecular complexity index is 940. The van der Waals surface area contributed by atoms with Gasteiger partial charge < -0.3 is 14.3 Å². The minimum atomic E-state index is -0.480. The van der Waals surface area contributed by atoms with Crippen molar-refractivity contribution in [1.29, 1.82) is 0 Å². The zero-order valence-electron chi connectivity index (χ0n) is 14.8. The van der Waals surface area contributed by atoms with Gasteiger partial charge in [0.1, 0.15) is 12.4 Å². The molecule has 0 aromatic heterocycles. The molecule has 5 nitrogen and oxygen atoms in total. The monoisotopic (exact) mass is 481 g/mol. The molecule has 0 unspecified atom stereocenters. The molecule has 27 heavy (non-hydrogen) atoms. The maximum absolute atomic E-state index is 13.3. The Balaban J connectivity index is 1.89. The van der Waals surface area contributed by atoms with Crippen LogP contribution in [0.15, 0.2) is 47.1 Å². The maximum Gasteiger partial charge on any atom is 0.367 e. The summed E-state index contributed by atoms with van der Waals surface area (Å²) in [5.74, 6) is 0.335. The first-order chi connectivity index (χ1) is 13.0. The molecule has 0 fully saturated rings. The molecule has 140 valence electrons. The first kappa shape index (κ1) is 19.3. The summed E-state index contributed by atoms with van der Waals surface area (Å²) in [5, 5.41) is 3.67. The van der Waals surface area contributed by atoms with Gasteiger partial charge in [-0.1, -0.05) is 17.3 Å². The SMILES string of the molecule is CCOc1cc(/C=C2/C(=O)ON=C2C)cc(I)c1OCc1cccc(F)c1. The van der Waals surface area contributed by atoms with Crippen molar-refractivity contribution in [3.05, 3.63) is 62.5 Å². The lowest BCUT2D eigenvalue weighted by atomic mass is 10.1. The highest BCUT2D eigenvalue weighted by Gasteiger charge is 2.22. The molecule has 0 spiro atoms. The first-order valence-corrected chi connectivity index (χ1v) is 9.37. The lowest BCUT2D eigenvalue weighted by Gasteiger charge is -2.15. The maximum atomic E-state index is 13.3. The van der Waals surface area contributed by atoms with Gasteiger partial charge in [-0.05, 0) is 77.9 Å². The van der Waals surface area contributed by atoms with Crippen LogP contribution in [0.4, 0.5) is 4.39 Å². The highest BCUT2D eigenvalue weighted by atomic mass is 127. The third kappa shape index (κ3) is 4.65. The summed E-state index contributed by atoms with van der Waals surface area (Å²) in [6, 6.07) is 9.92. The molecule has 0 amide bonds. The van der Waals surface area contributed by atoms with Gasteiger partial charge in [-0.25, -0.2) is 9.18 Å². The highest BCUT2D eigenvalue weighted by Crippen LogP contribution is 2.36. The van der Waals surface area contributed by atoms with Gasteiger partial charge in [0.25, 0.3) is 0 Å². The molecule has 0 N–H and O–H groups in total. The zero-order chi connectivity index (χ0) is 19.4. The Kier molecular flexibility index (Phi) is 6.10. The van der Waals surface area contributed by atoms with Crippen molar-refractivity contribution in [2.75, 3.05) is 6.61 Å². The molecule has 0 aliphatic carbocycles. The van der Waals surface area contributed by atoms with Crippen LogP contribution in [0.25, 0.3) is 6.08 Å². The van der Waals surface area contributed by atoms with Gasteiger partial charge >= 0.3 is 5.97 Å². The van der Waals surface area contributed by atoms with E-state index in [2.05, 4.69) is 32.6 Å². The smallest absolute Gasteiger partial charge is 0.367 e. The molecule has 2 aromatic carbocycles. The molecule has 1 aliphatic heterocycles. The number of benzene rings is 2. The van der Waals surface area contributed by atoms with Gasteiger partial charge in [0, 0.05) is 0 Å². The third-order valence-corrected chi connectivity index (χ3v) is 4.59. The number of halogens is 2. The van der Waals surface area contributed by atoms with E-state index in [-0.39, 0.29) is 12.4 Å². The largest absolute Gasteiger partial charge is 0.490 e. The van der Waals surface area contributed by atoms with Crippen molar-refractivity contribution in [3.8, 4) is 11.5 Å². The molecule has 0 radical (unpaired) electrons. The minimum absolute atomic E-state index is 0.215.